The highest BCUT2D eigenvalue weighted by Gasteiger charge is 2.13. The Bertz CT molecular complexity index is 658. The van der Waals surface area contributed by atoms with E-state index in [0.29, 0.717) is 21.4 Å². The number of nitrogens with one attached hydrogen (secondary N) is 1. The number of halogens is 1. The number of amides is 1. The van der Waals surface area contributed by atoms with Crippen LogP contribution in [0.1, 0.15) is 0 Å². The SMILES string of the molecule is COc1ccc(NC(=O)C[S@](=O)c2ccccc2Cl)cc1. The second-order valence-electron chi connectivity index (χ2n) is 4.20. The lowest BCUT2D eigenvalue weighted by Crippen LogP contribution is -2.19. The third-order valence-corrected chi connectivity index (χ3v) is 4.53. The van der Waals surface area contributed by atoms with Gasteiger partial charge in [0, 0.05) is 5.69 Å². The van der Waals surface area contributed by atoms with Crippen molar-refractivity contribution < 1.29 is 13.7 Å². The molecule has 1 atom stereocenters. The first-order chi connectivity index (χ1) is 10.1. The first-order valence-electron chi connectivity index (χ1n) is 6.17. The second-order valence-corrected chi connectivity index (χ2v) is 6.02. The van der Waals surface area contributed by atoms with E-state index in [0.717, 1.165) is 0 Å². The molecule has 0 heterocycles. The summed E-state index contributed by atoms with van der Waals surface area (Å²) in [6.45, 7) is 0. The number of hydrogen-bond donors (Lipinski definition) is 1. The van der Waals surface area contributed by atoms with E-state index in [2.05, 4.69) is 5.32 Å². The highest BCUT2D eigenvalue weighted by Crippen LogP contribution is 2.19. The number of anilines is 1. The Hall–Kier alpha value is -1.85. The van der Waals surface area contributed by atoms with Gasteiger partial charge in [-0.1, -0.05) is 23.7 Å². The smallest absolute Gasteiger partial charge is 0.237 e. The Kier molecular flexibility index (Phi) is 5.36. The molecule has 0 bridgehead atoms. The van der Waals surface area contributed by atoms with Crippen molar-refractivity contribution in [1.29, 1.82) is 0 Å². The maximum Gasteiger partial charge on any atom is 0.237 e. The molecule has 1 N–H and O–H groups in total. The Balaban J connectivity index is 1.98. The molecular formula is C15H14ClNO3S. The molecule has 0 aliphatic heterocycles. The van der Waals surface area contributed by atoms with Gasteiger partial charge in [0.1, 0.15) is 11.5 Å². The van der Waals surface area contributed by atoms with Crippen molar-refractivity contribution in [3.8, 4) is 5.75 Å². The summed E-state index contributed by atoms with van der Waals surface area (Å²) < 4.78 is 17.1. The van der Waals surface area contributed by atoms with E-state index in [-0.39, 0.29) is 11.7 Å². The average molecular weight is 324 g/mol. The summed E-state index contributed by atoms with van der Waals surface area (Å²) in [4.78, 5) is 12.3. The largest absolute Gasteiger partial charge is 0.497 e. The van der Waals surface area contributed by atoms with E-state index < -0.39 is 10.8 Å². The molecule has 0 saturated carbocycles. The highest BCUT2D eigenvalue weighted by molar-refractivity contribution is 7.86. The van der Waals surface area contributed by atoms with E-state index >= 15 is 0 Å². The van der Waals surface area contributed by atoms with Gasteiger partial charge in [-0.15, -0.1) is 0 Å². The maximum atomic E-state index is 12.1. The molecule has 110 valence electrons. The molecule has 4 nitrogen and oxygen atoms in total. The summed E-state index contributed by atoms with van der Waals surface area (Å²) in [6.07, 6.45) is 0. The minimum Gasteiger partial charge on any atom is -0.497 e. The molecule has 0 unspecified atom stereocenters. The molecule has 2 aromatic carbocycles. The van der Waals surface area contributed by atoms with Crippen LogP contribution in [0.4, 0.5) is 5.69 Å². The summed E-state index contributed by atoms with van der Waals surface area (Å²) >= 11 is 5.96. The van der Waals surface area contributed by atoms with Crippen LogP contribution in [-0.4, -0.2) is 23.0 Å². The summed E-state index contributed by atoms with van der Waals surface area (Å²) in [5, 5.41) is 3.08. The minimum absolute atomic E-state index is 0.143. The van der Waals surface area contributed by atoms with Crippen LogP contribution < -0.4 is 10.1 Å². The van der Waals surface area contributed by atoms with Gasteiger partial charge in [-0.05, 0) is 36.4 Å². The first-order valence-corrected chi connectivity index (χ1v) is 7.86. The van der Waals surface area contributed by atoms with Crippen molar-refractivity contribution >= 4 is 34.0 Å². The lowest BCUT2D eigenvalue weighted by atomic mass is 10.3. The molecule has 0 fully saturated rings. The third-order valence-electron chi connectivity index (χ3n) is 2.72. The quantitative estimate of drug-likeness (QED) is 0.920. The van der Waals surface area contributed by atoms with Crippen LogP contribution in [0, 0.1) is 0 Å². The summed E-state index contributed by atoms with van der Waals surface area (Å²) in [7, 11) is 0.0964. The molecule has 0 radical (unpaired) electrons. The third kappa shape index (κ3) is 4.31. The minimum atomic E-state index is -1.47. The van der Waals surface area contributed by atoms with Crippen LogP contribution >= 0.6 is 11.6 Å². The van der Waals surface area contributed by atoms with Crippen LogP contribution in [0.3, 0.4) is 0 Å². The Morgan fingerprint density at radius 2 is 1.86 bits per heavy atom. The van der Waals surface area contributed by atoms with E-state index in [1.807, 2.05) is 0 Å². The zero-order chi connectivity index (χ0) is 15.2. The van der Waals surface area contributed by atoms with Gasteiger partial charge in [0.2, 0.25) is 5.91 Å². The second kappa shape index (κ2) is 7.24. The fourth-order valence-corrected chi connectivity index (χ4v) is 3.07. The number of benzene rings is 2. The van der Waals surface area contributed by atoms with Gasteiger partial charge in [-0.2, -0.15) is 0 Å². The normalized spacial score (nSPS) is 11.7. The maximum absolute atomic E-state index is 12.1. The van der Waals surface area contributed by atoms with Crippen LogP contribution in [0.15, 0.2) is 53.4 Å². The number of methoxy groups -OCH3 is 1. The average Bonchev–Trinajstić information content (AvgIpc) is 2.48. The molecule has 6 heteroatoms. The lowest BCUT2D eigenvalue weighted by Gasteiger charge is -2.07. The summed E-state index contributed by atoms with van der Waals surface area (Å²) in [5.41, 5.74) is 0.622. The molecule has 0 aliphatic carbocycles. The molecule has 2 rings (SSSR count). The van der Waals surface area contributed by atoms with Gasteiger partial charge in [-0.3, -0.25) is 9.00 Å². The predicted molar refractivity (Wildman–Crippen MR) is 84.4 cm³/mol. The van der Waals surface area contributed by atoms with Gasteiger partial charge < -0.3 is 10.1 Å². The molecule has 2 aromatic rings. The van der Waals surface area contributed by atoms with E-state index in [1.165, 1.54) is 0 Å². The van der Waals surface area contributed by atoms with Crippen molar-refractivity contribution in [3.63, 3.8) is 0 Å². The van der Waals surface area contributed by atoms with Crippen LogP contribution in [0.2, 0.25) is 5.02 Å². The monoisotopic (exact) mass is 323 g/mol. The zero-order valence-electron chi connectivity index (χ0n) is 11.3. The Labute approximate surface area is 130 Å². The molecule has 0 spiro atoms. The standard InChI is InChI=1S/C15H14ClNO3S/c1-20-12-8-6-11(7-9-12)17-15(18)10-21(19)14-5-3-2-4-13(14)16/h2-9H,10H2,1H3,(H,17,18)/t21-/m0/s1. The van der Waals surface area contributed by atoms with Crippen LogP contribution in [0.5, 0.6) is 5.75 Å². The zero-order valence-corrected chi connectivity index (χ0v) is 12.9. The fourth-order valence-electron chi connectivity index (χ4n) is 1.70. The van der Waals surface area contributed by atoms with Gasteiger partial charge in [0.25, 0.3) is 0 Å². The fraction of sp³-hybridized carbons (Fsp3) is 0.133. The summed E-state index contributed by atoms with van der Waals surface area (Å²) in [5.74, 6) is 0.224. The van der Waals surface area contributed by atoms with Crippen LogP contribution in [-0.2, 0) is 15.6 Å². The molecule has 0 saturated heterocycles. The number of hydrogen-bond acceptors (Lipinski definition) is 3. The number of carbonyl (C=O) groups is 1. The molecule has 0 aromatic heterocycles. The lowest BCUT2D eigenvalue weighted by molar-refractivity contribution is -0.113. The molecule has 0 aliphatic rings. The van der Waals surface area contributed by atoms with E-state index in [9.17, 15) is 9.00 Å². The van der Waals surface area contributed by atoms with Crippen molar-refractivity contribution in [2.45, 2.75) is 4.90 Å². The molecule has 21 heavy (non-hydrogen) atoms. The molecular weight excluding hydrogens is 310 g/mol. The van der Waals surface area contributed by atoms with Gasteiger partial charge in [0.15, 0.2) is 0 Å². The predicted octanol–water partition coefficient (Wildman–Crippen LogP) is 3.09. The van der Waals surface area contributed by atoms with Crippen LogP contribution in [0.25, 0.3) is 0 Å². The van der Waals surface area contributed by atoms with Crippen molar-refractivity contribution in [3.05, 3.63) is 53.6 Å². The van der Waals surface area contributed by atoms with Gasteiger partial charge >= 0.3 is 0 Å². The van der Waals surface area contributed by atoms with Gasteiger partial charge in [0.05, 0.1) is 27.8 Å². The number of rotatable bonds is 5. The Morgan fingerprint density at radius 3 is 2.48 bits per heavy atom. The van der Waals surface area contributed by atoms with Crippen molar-refractivity contribution in [2.75, 3.05) is 18.2 Å². The van der Waals surface area contributed by atoms with Crippen molar-refractivity contribution in [2.24, 2.45) is 0 Å². The van der Waals surface area contributed by atoms with E-state index in [1.54, 1.807) is 55.6 Å². The first kappa shape index (κ1) is 15.5. The topological polar surface area (TPSA) is 55.4 Å². The van der Waals surface area contributed by atoms with Gasteiger partial charge in [-0.25, -0.2) is 0 Å². The summed E-state index contributed by atoms with van der Waals surface area (Å²) in [6, 6.07) is 13.7. The Morgan fingerprint density at radius 1 is 1.19 bits per heavy atom. The number of ether oxygens (including phenoxy) is 1. The number of carbonyl (C=O) groups excluding carboxylic acids is 1. The van der Waals surface area contributed by atoms with Crippen molar-refractivity contribution in [1.82, 2.24) is 0 Å². The van der Waals surface area contributed by atoms with E-state index in [4.69, 9.17) is 16.3 Å². The highest BCUT2D eigenvalue weighted by atomic mass is 35.5. The molecule has 1 amide bonds.